The van der Waals surface area contributed by atoms with Crippen LogP contribution < -0.4 is 10.6 Å². The Kier molecular flexibility index (Phi) is 6.16. The van der Waals surface area contributed by atoms with Crippen molar-refractivity contribution in [2.24, 2.45) is 10.7 Å². The molecule has 0 bridgehead atoms. The summed E-state index contributed by atoms with van der Waals surface area (Å²) < 4.78 is 0. The van der Waals surface area contributed by atoms with Crippen molar-refractivity contribution in [2.45, 2.75) is 38.9 Å². The Morgan fingerprint density at radius 2 is 1.94 bits per heavy atom. The molecule has 0 aromatic carbocycles. The fraction of sp³-hybridized carbons (Fsp3) is 0.609. The summed E-state index contributed by atoms with van der Waals surface area (Å²) in [7, 11) is 2.19. The molecule has 0 spiro atoms. The Morgan fingerprint density at radius 1 is 1.12 bits per heavy atom. The predicted octanol–water partition coefficient (Wildman–Crippen LogP) is 2.40. The lowest BCUT2D eigenvalue weighted by Gasteiger charge is -2.37. The first kappa shape index (κ1) is 21.8. The minimum Gasteiger partial charge on any atom is -0.354 e. The van der Waals surface area contributed by atoms with E-state index in [-0.39, 0.29) is 6.17 Å². The van der Waals surface area contributed by atoms with Crippen molar-refractivity contribution in [2.75, 3.05) is 57.8 Å². The van der Waals surface area contributed by atoms with Gasteiger partial charge in [0, 0.05) is 74.6 Å². The Balaban J connectivity index is 1.16. The van der Waals surface area contributed by atoms with E-state index in [1.807, 2.05) is 17.7 Å². The third-order valence-electron chi connectivity index (χ3n) is 6.88. The third-order valence-corrected chi connectivity index (χ3v) is 8.02. The minimum atomic E-state index is -0.0809. The number of hydrogen-bond donors (Lipinski definition) is 1. The maximum atomic E-state index is 6.73. The van der Waals surface area contributed by atoms with Crippen LogP contribution in [0.4, 0.5) is 10.8 Å². The molecule has 2 aromatic rings. The van der Waals surface area contributed by atoms with E-state index in [4.69, 9.17) is 10.7 Å². The summed E-state index contributed by atoms with van der Waals surface area (Å²) in [5.41, 5.74) is 10.6. The monoisotopic (exact) mass is 454 g/mol. The molecule has 3 aliphatic heterocycles. The summed E-state index contributed by atoms with van der Waals surface area (Å²) in [5, 5.41) is 1.12. The zero-order chi connectivity index (χ0) is 22.2. The lowest BCUT2D eigenvalue weighted by molar-refractivity contribution is 0.216. The van der Waals surface area contributed by atoms with Gasteiger partial charge in [-0.3, -0.25) is 4.90 Å². The van der Waals surface area contributed by atoms with Gasteiger partial charge in [-0.25, -0.2) is 15.0 Å². The molecule has 0 amide bonds. The van der Waals surface area contributed by atoms with E-state index in [1.54, 1.807) is 6.33 Å². The van der Waals surface area contributed by atoms with E-state index >= 15 is 0 Å². The summed E-state index contributed by atoms with van der Waals surface area (Å²) in [6.45, 7) is 12.4. The molecule has 0 aliphatic carbocycles. The second kappa shape index (κ2) is 9.05. The number of likely N-dealkylation sites (N-methyl/N-ethyl adjacent to an activating group) is 1. The van der Waals surface area contributed by atoms with Crippen molar-refractivity contribution in [1.82, 2.24) is 24.7 Å². The molecule has 0 radical (unpaired) electrons. The van der Waals surface area contributed by atoms with E-state index in [0.717, 1.165) is 75.3 Å². The number of fused-ring (bicyclic) bond motifs is 3. The molecule has 2 N–H and O–H groups in total. The average molecular weight is 455 g/mol. The van der Waals surface area contributed by atoms with Crippen LogP contribution >= 0.6 is 11.3 Å². The van der Waals surface area contributed by atoms with Crippen molar-refractivity contribution in [3.05, 3.63) is 34.1 Å². The molecule has 1 atom stereocenters. The first-order chi connectivity index (χ1) is 15.5. The highest BCUT2D eigenvalue weighted by molar-refractivity contribution is 7.16. The van der Waals surface area contributed by atoms with Crippen molar-refractivity contribution in [3.8, 4) is 0 Å². The lowest BCUT2D eigenvalue weighted by Crippen LogP contribution is -2.49. The Morgan fingerprint density at radius 3 is 2.72 bits per heavy atom. The Hall–Kier alpha value is -2.07. The summed E-state index contributed by atoms with van der Waals surface area (Å²) >= 11 is 1.82. The van der Waals surface area contributed by atoms with Crippen LogP contribution in [0.5, 0.6) is 0 Å². The molecule has 5 rings (SSSR count). The number of rotatable bonds is 5. The molecule has 1 unspecified atom stereocenters. The molecule has 3 aliphatic rings. The first-order valence-corrected chi connectivity index (χ1v) is 12.5. The van der Waals surface area contributed by atoms with E-state index in [2.05, 4.69) is 56.5 Å². The maximum Gasteiger partial charge on any atom is 0.132 e. The minimum absolute atomic E-state index is 0.0809. The normalized spacial score (nSPS) is 21.8. The summed E-state index contributed by atoms with van der Waals surface area (Å²) in [4.78, 5) is 24.6. The van der Waals surface area contributed by atoms with Crippen molar-refractivity contribution in [1.29, 1.82) is 0 Å². The quantitative estimate of drug-likeness (QED) is 0.743. The summed E-state index contributed by atoms with van der Waals surface area (Å²) in [6.07, 6.45) is 4.66. The van der Waals surface area contributed by atoms with Gasteiger partial charge in [-0.15, -0.1) is 11.3 Å². The molecule has 1 saturated heterocycles. The molecular weight excluding hydrogens is 420 g/mol. The predicted molar refractivity (Wildman–Crippen MR) is 131 cm³/mol. The van der Waals surface area contributed by atoms with Crippen LogP contribution in [-0.4, -0.2) is 83.9 Å². The second-order valence-corrected chi connectivity index (χ2v) is 10.5. The standard InChI is InChI=1S/C23H34N8S/c1-16(2)18-12-20(26-14-25-18)30-9-6-29(7-10-30)8-11-31-15-27-23-21(22(31)24)17-4-5-28(3)13-19(17)32-23/h12,14-16,22H,4-11,13,24H2,1-3H3. The molecule has 5 heterocycles. The van der Waals surface area contributed by atoms with E-state index in [0.29, 0.717) is 5.92 Å². The number of hydrogen-bond acceptors (Lipinski definition) is 9. The molecular formula is C23H34N8S. The van der Waals surface area contributed by atoms with E-state index < -0.39 is 0 Å². The number of aromatic nitrogens is 2. The van der Waals surface area contributed by atoms with Gasteiger partial charge >= 0.3 is 0 Å². The van der Waals surface area contributed by atoms with Gasteiger partial charge in [0.05, 0.1) is 6.34 Å². The summed E-state index contributed by atoms with van der Waals surface area (Å²) in [5.74, 6) is 1.47. The average Bonchev–Trinajstić information content (AvgIpc) is 3.17. The molecule has 172 valence electrons. The van der Waals surface area contributed by atoms with Gasteiger partial charge in [-0.2, -0.15) is 0 Å². The molecule has 0 saturated carbocycles. The lowest BCUT2D eigenvalue weighted by atomic mass is 10.0. The number of anilines is 1. The SMILES string of the molecule is CC(C)c1cc(N2CCN(CCN3C=Nc4sc5c(c4C3N)CCN(C)C5)CC2)ncn1. The zero-order valence-corrected chi connectivity index (χ0v) is 20.2. The van der Waals surface area contributed by atoms with E-state index in [1.165, 1.54) is 16.0 Å². The topological polar surface area (TPSA) is 77.1 Å². The zero-order valence-electron chi connectivity index (χ0n) is 19.4. The summed E-state index contributed by atoms with van der Waals surface area (Å²) in [6, 6.07) is 2.14. The Bertz CT molecular complexity index is 978. The van der Waals surface area contributed by atoms with Crippen molar-refractivity contribution < 1.29 is 0 Å². The smallest absolute Gasteiger partial charge is 0.132 e. The van der Waals surface area contributed by atoms with Crippen molar-refractivity contribution in [3.63, 3.8) is 0 Å². The van der Waals surface area contributed by atoms with E-state index in [9.17, 15) is 0 Å². The molecule has 8 nitrogen and oxygen atoms in total. The van der Waals surface area contributed by atoms with Gasteiger partial charge < -0.3 is 20.4 Å². The fourth-order valence-corrected chi connectivity index (χ4v) is 6.12. The fourth-order valence-electron chi connectivity index (χ4n) is 4.81. The highest BCUT2D eigenvalue weighted by atomic mass is 32.1. The van der Waals surface area contributed by atoms with Gasteiger partial charge in [0.25, 0.3) is 0 Å². The van der Waals surface area contributed by atoms with Crippen LogP contribution in [0.15, 0.2) is 17.4 Å². The Labute approximate surface area is 194 Å². The van der Waals surface area contributed by atoms with Crippen molar-refractivity contribution >= 4 is 28.5 Å². The van der Waals surface area contributed by atoms with Gasteiger partial charge in [0.2, 0.25) is 0 Å². The maximum absolute atomic E-state index is 6.73. The van der Waals surface area contributed by atoms with Gasteiger partial charge in [-0.05, 0) is 24.9 Å². The molecule has 2 aromatic heterocycles. The van der Waals surface area contributed by atoms with Crippen LogP contribution in [0, 0.1) is 0 Å². The van der Waals surface area contributed by atoms with Crippen LogP contribution in [0.2, 0.25) is 0 Å². The van der Waals surface area contributed by atoms with Gasteiger partial charge in [0.15, 0.2) is 0 Å². The third kappa shape index (κ3) is 4.26. The molecule has 32 heavy (non-hydrogen) atoms. The number of piperazine rings is 1. The van der Waals surface area contributed by atoms with Crippen LogP contribution in [0.25, 0.3) is 0 Å². The molecule has 9 heteroatoms. The number of nitrogens with zero attached hydrogens (tertiary/aromatic N) is 7. The largest absolute Gasteiger partial charge is 0.354 e. The van der Waals surface area contributed by atoms with Crippen LogP contribution in [0.1, 0.15) is 47.6 Å². The number of nitrogens with two attached hydrogens (primary N) is 1. The molecule has 1 fully saturated rings. The number of aliphatic imine (C=N–C) groups is 1. The van der Waals surface area contributed by atoms with Gasteiger partial charge in [-0.1, -0.05) is 13.8 Å². The second-order valence-electron chi connectivity index (χ2n) is 9.42. The first-order valence-electron chi connectivity index (χ1n) is 11.7. The number of thiophene rings is 1. The highest BCUT2D eigenvalue weighted by Gasteiger charge is 2.31. The van der Waals surface area contributed by atoms with Crippen LogP contribution in [0.3, 0.4) is 0 Å². The van der Waals surface area contributed by atoms with Crippen LogP contribution in [-0.2, 0) is 13.0 Å². The van der Waals surface area contributed by atoms with Gasteiger partial charge in [0.1, 0.15) is 23.3 Å². The highest BCUT2D eigenvalue weighted by Crippen LogP contribution is 2.43.